The number of anilines is 1. The summed E-state index contributed by atoms with van der Waals surface area (Å²) in [5.74, 6) is -0.384. The van der Waals surface area contributed by atoms with Crippen molar-refractivity contribution in [3.63, 3.8) is 0 Å². The van der Waals surface area contributed by atoms with E-state index in [1.165, 1.54) is 17.4 Å². The van der Waals surface area contributed by atoms with Gasteiger partial charge in [-0.25, -0.2) is 13.4 Å². The van der Waals surface area contributed by atoms with Crippen LogP contribution in [-0.2, 0) is 19.4 Å². The molecule has 2 N–H and O–H groups in total. The highest BCUT2D eigenvalue weighted by Gasteiger charge is 2.20. The van der Waals surface area contributed by atoms with Gasteiger partial charge >= 0.3 is 0 Å². The first-order valence-corrected chi connectivity index (χ1v) is 10.4. The van der Waals surface area contributed by atoms with Gasteiger partial charge in [-0.3, -0.25) is 9.59 Å². The van der Waals surface area contributed by atoms with Crippen molar-refractivity contribution >= 4 is 48.3 Å². The third-order valence-corrected chi connectivity index (χ3v) is 5.40. The number of carbonyl (C=O) groups is 2. The van der Waals surface area contributed by atoms with E-state index in [4.69, 9.17) is 0 Å². The van der Waals surface area contributed by atoms with E-state index < -0.39 is 15.3 Å². The molecule has 0 saturated carbocycles. The Labute approximate surface area is 150 Å². The number of carbonyl (C=O) groups excluding carboxylic acids is 2. The van der Waals surface area contributed by atoms with Gasteiger partial charge in [0.15, 0.2) is 15.0 Å². The topological polar surface area (TPSA) is 105 Å². The predicted octanol–water partition coefficient (Wildman–Crippen LogP) is 2.19. The zero-order chi connectivity index (χ0) is 18.8. The third-order valence-electron chi connectivity index (χ3n) is 3.35. The summed E-state index contributed by atoms with van der Waals surface area (Å²) >= 11 is 1.21. The fourth-order valence-electron chi connectivity index (χ4n) is 1.93. The molecule has 0 bridgehead atoms. The van der Waals surface area contributed by atoms with E-state index in [1.54, 1.807) is 32.9 Å². The van der Waals surface area contributed by atoms with Crippen LogP contribution in [0.15, 0.2) is 23.1 Å². The predicted molar refractivity (Wildman–Crippen MR) is 98.4 cm³/mol. The van der Waals surface area contributed by atoms with Crippen molar-refractivity contribution in [3.8, 4) is 0 Å². The summed E-state index contributed by atoms with van der Waals surface area (Å²) in [5, 5.41) is 5.77. The Morgan fingerprint density at radius 1 is 1.24 bits per heavy atom. The lowest BCUT2D eigenvalue weighted by molar-refractivity contribution is -0.128. The molecule has 0 aliphatic carbocycles. The molecule has 0 unspecified atom stereocenters. The molecule has 2 aromatic rings. The summed E-state index contributed by atoms with van der Waals surface area (Å²) in [6, 6.07) is 4.65. The number of hydrogen-bond acceptors (Lipinski definition) is 6. The van der Waals surface area contributed by atoms with Crippen LogP contribution in [0.25, 0.3) is 10.2 Å². The van der Waals surface area contributed by atoms with Crippen molar-refractivity contribution in [2.24, 2.45) is 5.41 Å². The normalized spacial score (nSPS) is 12.2. The molecule has 7 nitrogen and oxygen atoms in total. The molecule has 25 heavy (non-hydrogen) atoms. The number of amides is 2. The van der Waals surface area contributed by atoms with Crippen molar-refractivity contribution < 1.29 is 18.0 Å². The fraction of sp³-hybridized carbons (Fsp3) is 0.438. The van der Waals surface area contributed by atoms with Crippen LogP contribution in [0.1, 0.15) is 27.2 Å². The van der Waals surface area contributed by atoms with E-state index in [0.717, 1.165) is 6.26 Å². The van der Waals surface area contributed by atoms with E-state index in [1.807, 2.05) is 0 Å². The van der Waals surface area contributed by atoms with Gasteiger partial charge in [0.05, 0.1) is 15.1 Å². The molecule has 2 amide bonds. The zero-order valence-corrected chi connectivity index (χ0v) is 16.2. The lowest BCUT2D eigenvalue weighted by Crippen LogP contribution is -2.36. The Morgan fingerprint density at radius 2 is 1.92 bits per heavy atom. The van der Waals surface area contributed by atoms with E-state index >= 15 is 0 Å². The molecule has 0 fully saturated rings. The van der Waals surface area contributed by atoms with E-state index in [9.17, 15) is 18.0 Å². The first kappa shape index (κ1) is 19.3. The van der Waals surface area contributed by atoms with E-state index in [2.05, 4.69) is 15.6 Å². The Kier molecular flexibility index (Phi) is 5.48. The fourth-order valence-corrected chi connectivity index (χ4v) is 3.57. The van der Waals surface area contributed by atoms with Gasteiger partial charge in [-0.15, -0.1) is 0 Å². The van der Waals surface area contributed by atoms with Crippen molar-refractivity contribution in [1.29, 1.82) is 0 Å². The molecule has 0 atom stereocenters. The van der Waals surface area contributed by atoms with Gasteiger partial charge in [0.25, 0.3) is 0 Å². The number of nitrogens with zero attached hydrogens (tertiary/aromatic N) is 1. The van der Waals surface area contributed by atoms with E-state index in [-0.39, 0.29) is 29.7 Å². The molecule has 0 radical (unpaired) electrons. The molecule has 9 heteroatoms. The van der Waals surface area contributed by atoms with Crippen LogP contribution in [0.3, 0.4) is 0 Å². The molecule has 0 saturated heterocycles. The smallest absolute Gasteiger partial charge is 0.227 e. The van der Waals surface area contributed by atoms with Crippen molar-refractivity contribution in [1.82, 2.24) is 10.3 Å². The maximum Gasteiger partial charge on any atom is 0.227 e. The summed E-state index contributed by atoms with van der Waals surface area (Å²) in [4.78, 5) is 28.2. The second-order valence-corrected chi connectivity index (χ2v) is 9.77. The Morgan fingerprint density at radius 3 is 2.52 bits per heavy atom. The molecule has 1 aromatic heterocycles. The van der Waals surface area contributed by atoms with Gasteiger partial charge in [-0.05, 0) is 18.2 Å². The first-order valence-electron chi connectivity index (χ1n) is 7.65. The zero-order valence-electron chi connectivity index (χ0n) is 14.5. The third kappa shape index (κ3) is 5.23. The Hall–Kier alpha value is -2.00. The molecule has 1 heterocycles. The highest BCUT2D eigenvalue weighted by atomic mass is 32.2. The molecule has 0 spiro atoms. The minimum absolute atomic E-state index is 0.117. The van der Waals surface area contributed by atoms with Crippen LogP contribution in [0, 0.1) is 5.41 Å². The summed E-state index contributed by atoms with van der Waals surface area (Å²) in [5.41, 5.74) is 0.120. The molecule has 0 aliphatic rings. The number of benzene rings is 1. The maximum absolute atomic E-state index is 12.0. The highest BCUT2D eigenvalue weighted by molar-refractivity contribution is 7.90. The average molecular weight is 383 g/mol. The number of rotatable bonds is 5. The number of sulfone groups is 1. The molecule has 1 aromatic carbocycles. The quantitative estimate of drug-likeness (QED) is 0.823. The van der Waals surface area contributed by atoms with Crippen LogP contribution in [-0.4, -0.2) is 38.0 Å². The van der Waals surface area contributed by atoms with Crippen LogP contribution in [0.4, 0.5) is 5.13 Å². The van der Waals surface area contributed by atoms with Crippen molar-refractivity contribution in [2.75, 3.05) is 18.1 Å². The van der Waals surface area contributed by atoms with Crippen LogP contribution in [0.2, 0.25) is 0 Å². The second kappa shape index (κ2) is 7.09. The van der Waals surface area contributed by atoms with Crippen molar-refractivity contribution in [2.45, 2.75) is 32.1 Å². The molecule has 0 aliphatic heterocycles. The number of aromatic nitrogens is 1. The monoisotopic (exact) mass is 383 g/mol. The number of thiazole rings is 1. The van der Waals surface area contributed by atoms with Crippen LogP contribution < -0.4 is 10.6 Å². The van der Waals surface area contributed by atoms with Gasteiger partial charge in [0.2, 0.25) is 11.8 Å². The minimum Gasteiger partial charge on any atom is -0.355 e. The van der Waals surface area contributed by atoms with Gasteiger partial charge in [0.1, 0.15) is 0 Å². The SMILES string of the molecule is CC(C)(C)C(=O)NCCC(=O)Nc1nc2ccc(S(C)(=O)=O)cc2s1. The second-order valence-electron chi connectivity index (χ2n) is 6.72. The maximum atomic E-state index is 12.0. The van der Waals surface area contributed by atoms with E-state index in [0.29, 0.717) is 15.3 Å². The number of hydrogen-bond donors (Lipinski definition) is 2. The Bertz CT molecular complexity index is 911. The highest BCUT2D eigenvalue weighted by Crippen LogP contribution is 2.28. The lowest BCUT2D eigenvalue weighted by Gasteiger charge is -2.17. The molecule has 2 rings (SSSR count). The van der Waals surface area contributed by atoms with Crippen molar-refractivity contribution in [3.05, 3.63) is 18.2 Å². The van der Waals surface area contributed by atoms with Gasteiger partial charge in [-0.1, -0.05) is 32.1 Å². The lowest BCUT2D eigenvalue weighted by atomic mass is 9.96. The molecule has 136 valence electrons. The summed E-state index contributed by atoms with van der Waals surface area (Å²) in [6.07, 6.45) is 1.27. The first-order chi connectivity index (χ1) is 11.5. The van der Waals surface area contributed by atoms with Gasteiger partial charge < -0.3 is 10.6 Å². The van der Waals surface area contributed by atoms with Crippen LogP contribution in [0.5, 0.6) is 0 Å². The molecular formula is C16H21N3O4S2. The van der Waals surface area contributed by atoms with Gasteiger partial charge in [0, 0.05) is 24.6 Å². The minimum atomic E-state index is -3.29. The summed E-state index contributed by atoms with van der Waals surface area (Å²) < 4.78 is 23.8. The number of nitrogens with one attached hydrogen (secondary N) is 2. The Balaban J connectivity index is 1.98. The average Bonchev–Trinajstić information content (AvgIpc) is 2.86. The summed E-state index contributed by atoms with van der Waals surface area (Å²) in [7, 11) is -3.29. The van der Waals surface area contributed by atoms with Gasteiger partial charge in [-0.2, -0.15) is 0 Å². The van der Waals surface area contributed by atoms with Crippen LogP contribution >= 0.6 is 11.3 Å². The number of fused-ring (bicyclic) bond motifs is 1. The summed E-state index contributed by atoms with van der Waals surface area (Å²) in [6.45, 7) is 5.64. The molecular weight excluding hydrogens is 362 g/mol. The largest absolute Gasteiger partial charge is 0.355 e. The standard InChI is InChI=1S/C16H21N3O4S2/c1-16(2,3)14(21)17-8-7-13(20)19-15-18-11-6-5-10(25(4,22)23)9-12(11)24-15/h5-6,9H,7-8H2,1-4H3,(H,17,21)(H,18,19,20).